The van der Waals surface area contributed by atoms with E-state index in [-0.39, 0.29) is 28.9 Å². The Labute approximate surface area is 414 Å². The van der Waals surface area contributed by atoms with Gasteiger partial charge in [-0.05, 0) is 164 Å². The maximum atomic E-state index is 9.17. The predicted molar refractivity (Wildman–Crippen MR) is 301 cm³/mol. The molecule has 0 aliphatic heterocycles. The van der Waals surface area contributed by atoms with Crippen LogP contribution in [0.5, 0.6) is 0 Å². The van der Waals surface area contributed by atoms with E-state index in [9.17, 15) is 4.79 Å². The van der Waals surface area contributed by atoms with Crippen LogP contribution in [-0.4, -0.2) is 29.2 Å². The summed E-state index contributed by atoms with van der Waals surface area (Å²) in [6, 6.07) is 35.0. The van der Waals surface area contributed by atoms with E-state index >= 15 is 0 Å². The second-order valence-electron chi connectivity index (χ2n) is 17.2. The largest absolute Gasteiger partial charge is 0.394 e. The minimum Gasteiger partial charge on any atom is -0.394 e. The molecule has 0 bridgehead atoms. The summed E-state index contributed by atoms with van der Waals surface area (Å²) in [7, 11) is 0. The smallest absolute Gasteiger partial charge is 0.119 e. The van der Waals surface area contributed by atoms with Gasteiger partial charge < -0.3 is 15.0 Å². The van der Waals surface area contributed by atoms with Gasteiger partial charge in [-0.2, -0.15) is 0 Å². The van der Waals surface area contributed by atoms with Gasteiger partial charge in [0.05, 0.1) is 12.7 Å². The van der Waals surface area contributed by atoms with Gasteiger partial charge in [0.1, 0.15) is 6.29 Å². The summed E-state index contributed by atoms with van der Waals surface area (Å²) < 4.78 is 0. The lowest BCUT2D eigenvalue weighted by molar-refractivity contribution is -0.107. The number of rotatable bonds is 4. The molecule has 0 saturated carbocycles. The van der Waals surface area contributed by atoms with E-state index in [0.717, 1.165) is 64.1 Å². The number of aliphatic hydroxyl groups excluding tert-OH is 2. The third-order valence-corrected chi connectivity index (χ3v) is 12.2. The van der Waals surface area contributed by atoms with Crippen molar-refractivity contribution in [3.8, 4) is 0 Å². The summed E-state index contributed by atoms with van der Waals surface area (Å²) in [5, 5.41) is 16.5. The van der Waals surface area contributed by atoms with Gasteiger partial charge in [0.25, 0.3) is 0 Å². The molecule has 0 aromatic heterocycles. The fraction of sp³-hybridized carbons (Fsp3) is 0.453. The van der Waals surface area contributed by atoms with Crippen LogP contribution in [0.15, 0.2) is 154 Å². The lowest BCUT2D eigenvalue weighted by Crippen LogP contribution is -2.08. The Morgan fingerprint density at radius 3 is 0.657 bits per heavy atom. The third kappa shape index (κ3) is 24.7. The fourth-order valence-electron chi connectivity index (χ4n) is 7.23. The Balaban J connectivity index is -0.000000728. The number of carbonyl (C=O) groups excluding carboxylic acids is 1. The van der Waals surface area contributed by atoms with E-state index in [2.05, 4.69) is 166 Å². The normalized spacial score (nSPS) is 13.7. The Bertz CT molecular complexity index is 1700. The molecule has 0 spiro atoms. The van der Waals surface area contributed by atoms with Gasteiger partial charge in [-0.1, -0.05) is 205 Å². The van der Waals surface area contributed by atoms with Crippen LogP contribution in [-0.2, 0) is 56.2 Å². The fourth-order valence-corrected chi connectivity index (χ4v) is 7.23. The lowest BCUT2D eigenvalue weighted by atomic mass is 9.88. The summed E-state index contributed by atoms with van der Waals surface area (Å²) in [6.45, 7) is 31.0. The van der Waals surface area contributed by atoms with Crippen molar-refractivity contribution in [1.82, 2.24) is 0 Å². The van der Waals surface area contributed by atoms with Crippen molar-refractivity contribution in [2.45, 2.75) is 189 Å². The minimum absolute atomic E-state index is 0. The molecule has 8 rings (SSSR count). The van der Waals surface area contributed by atoms with E-state index in [1.54, 1.807) is 44.6 Å². The summed E-state index contributed by atoms with van der Waals surface area (Å²) in [5.41, 5.74) is 24.5. The molecule has 4 aromatic carbocycles. The molecule has 2 N–H and O–H groups in total. The topological polar surface area (TPSA) is 57.5 Å². The highest BCUT2D eigenvalue weighted by molar-refractivity contribution is 5.48. The highest BCUT2D eigenvalue weighted by atomic mass is 16.3. The molecular weight excluding hydrogens is 817 g/mol. The third-order valence-electron chi connectivity index (χ3n) is 12.2. The van der Waals surface area contributed by atoms with Crippen LogP contribution >= 0.6 is 0 Å². The van der Waals surface area contributed by atoms with Crippen molar-refractivity contribution < 1.29 is 15.0 Å². The van der Waals surface area contributed by atoms with Gasteiger partial charge in [-0.25, -0.2) is 0 Å². The number of benzene rings is 4. The standard InChI is InChI=1S/4C12H14.C4H10O2.C4H8.C3H6O.C2H6.3CH4/c4*1-9-7-11-5-3-4-6-12(11)8-10(9)2;1-2-4(6)3-5;1-3-4-2;1-2-3-4;1-2;;;/h4*3-6H,7-8H2,1-2H3;4-6H,2-3H2,1H3;3H,1,4H2,2H3;3H,2H2,1H3;1-2H3;3*1H4. The van der Waals surface area contributed by atoms with Crippen LogP contribution in [0.25, 0.3) is 0 Å². The highest BCUT2D eigenvalue weighted by Crippen LogP contribution is 2.28. The number of allylic oxidation sites excluding steroid dienone is 9. The first-order valence-electron chi connectivity index (χ1n) is 23.9. The average Bonchev–Trinajstić information content (AvgIpc) is 3.32. The van der Waals surface area contributed by atoms with Crippen LogP contribution in [0.3, 0.4) is 0 Å². The summed E-state index contributed by atoms with van der Waals surface area (Å²) in [5.74, 6) is 0. The van der Waals surface area contributed by atoms with E-state index in [0.29, 0.717) is 12.8 Å². The zero-order valence-corrected chi connectivity index (χ0v) is 42.5. The maximum Gasteiger partial charge on any atom is 0.119 e. The van der Waals surface area contributed by atoms with Crippen LogP contribution in [0.1, 0.15) is 176 Å². The first-order chi connectivity index (χ1) is 30.7. The predicted octanol–water partition coefficient (Wildman–Crippen LogP) is 17.3. The molecule has 3 nitrogen and oxygen atoms in total. The second-order valence-corrected chi connectivity index (χ2v) is 17.2. The molecule has 4 aliphatic rings. The molecule has 0 saturated heterocycles. The number of carbonyl (C=O) groups is 1. The van der Waals surface area contributed by atoms with Gasteiger partial charge in [-0.3, -0.25) is 0 Å². The molecule has 372 valence electrons. The van der Waals surface area contributed by atoms with Crippen LogP contribution < -0.4 is 0 Å². The number of hydrogen-bond donors (Lipinski definition) is 2. The zero-order valence-electron chi connectivity index (χ0n) is 42.5. The van der Waals surface area contributed by atoms with Crippen molar-refractivity contribution in [1.29, 1.82) is 0 Å². The number of hydrogen-bond acceptors (Lipinski definition) is 3. The Morgan fingerprint density at radius 1 is 0.433 bits per heavy atom. The second kappa shape index (κ2) is 38.2. The molecule has 3 heteroatoms. The first kappa shape index (κ1) is 66.4. The van der Waals surface area contributed by atoms with Gasteiger partial charge in [0, 0.05) is 6.42 Å². The number of aldehydes is 1. The van der Waals surface area contributed by atoms with Gasteiger partial charge in [-0.15, -0.1) is 6.58 Å². The van der Waals surface area contributed by atoms with E-state index in [1.807, 2.05) is 33.8 Å². The highest BCUT2D eigenvalue weighted by Gasteiger charge is 2.13. The Morgan fingerprint density at radius 2 is 0.582 bits per heavy atom. The van der Waals surface area contributed by atoms with E-state index in [4.69, 9.17) is 10.2 Å². The average molecular weight is 915 g/mol. The van der Waals surface area contributed by atoms with Crippen molar-refractivity contribution in [2.75, 3.05) is 6.61 Å². The van der Waals surface area contributed by atoms with Crippen molar-refractivity contribution in [3.63, 3.8) is 0 Å². The molecule has 67 heavy (non-hydrogen) atoms. The molecule has 4 aliphatic carbocycles. The molecule has 4 aromatic rings. The number of fused-ring (bicyclic) bond motifs is 4. The quantitative estimate of drug-likeness (QED) is 0.158. The van der Waals surface area contributed by atoms with Crippen molar-refractivity contribution in [3.05, 3.63) is 199 Å². The summed E-state index contributed by atoms with van der Waals surface area (Å²) in [4.78, 5) is 9.17. The number of aliphatic hydroxyl groups is 2. The van der Waals surface area contributed by atoms with Crippen molar-refractivity contribution in [2.24, 2.45) is 0 Å². The Hall–Kier alpha value is -4.83. The monoisotopic (exact) mass is 915 g/mol. The zero-order chi connectivity index (χ0) is 48.0. The molecule has 1 unspecified atom stereocenters. The molecule has 1 atom stereocenters. The molecule has 0 heterocycles. The van der Waals surface area contributed by atoms with Gasteiger partial charge in [0.15, 0.2) is 0 Å². The van der Waals surface area contributed by atoms with E-state index in [1.165, 1.54) is 44.5 Å². The Kier molecular flexibility index (Phi) is 37.9. The minimum atomic E-state index is -0.509. The molecule has 0 fully saturated rings. The van der Waals surface area contributed by atoms with Gasteiger partial charge in [0.2, 0.25) is 0 Å². The molecular formula is C64H98O3. The van der Waals surface area contributed by atoms with Crippen LogP contribution in [0.4, 0.5) is 0 Å². The first-order valence-corrected chi connectivity index (χ1v) is 23.9. The molecule has 0 amide bonds. The maximum absolute atomic E-state index is 9.17. The van der Waals surface area contributed by atoms with Gasteiger partial charge >= 0.3 is 0 Å². The van der Waals surface area contributed by atoms with Crippen molar-refractivity contribution >= 4 is 6.29 Å². The van der Waals surface area contributed by atoms with Crippen LogP contribution in [0, 0.1) is 0 Å². The summed E-state index contributed by atoms with van der Waals surface area (Å²) in [6.07, 6.45) is 13.8. The lowest BCUT2D eigenvalue weighted by Gasteiger charge is -2.18. The summed E-state index contributed by atoms with van der Waals surface area (Å²) >= 11 is 0. The van der Waals surface area contributed by atoms with Crippen LogP contribution in [0.2, 0.25) is 0 Å². The van der Waals surface area contributed by atoms with E-state index < -0.39 is 6.10 Å². The SMILES string of the molecule is C.C.C.C=CCC.CC.CC1=C(C)Cc2ccccc2C1.CC1=C(C)Cc2ccccc2C1.CC1=C(C)Cc2ccccc2C1.CC1=C(C)Cc2ccccc2C1.CCC(O)CO.CCC=O. The molecule has 0 radical (unpaired) electrons.